The summed E-state index contributed by atoms with van der Waals surface area (Å²) in [5.41, 5.74) is 0.353. The molecule has 96 valence electrons. The van der Waals surface area contributed by atoms with Crippen LogP contribution in [0, 0.1) is 0 Å². The van der Waals surface area contributed by atoms with E-state index in [2.05, 4.69) is 4.98 Å². The van der Waals surface area contributed by atoms with Crippen molar-refractivity contribution >= 4 is 29.1 Å². The first kappa shape index (κ1) is 13.1. The fourth-order valence-electron chi connectivity index (χ4n) is 1.61. The summed E-state index contributed by atoms with van der Waals surface area (Å²) in [6, 6.07) is 4.95. The van der Waals surface area contributed by atoms with E-state index in [9.17, 15) is 4.79 Å². The van der Waals surface area contributed by atoms with Crippen molar-refractivity contribution in [1.82, 2.24) is 9.88 Å². The van der Waals surface area contributed by atoms with E-state index in [4.69, 9.17) is 27.6 Å². The minimum atomic E-state index is -0.201. The highest BCUT2D eigenvalue weighted by Crippen LogP contribution is 2.25. The second-order valence-electron chi connectivity index (χ2n) is 3.95. The smallest absolute Gasteiger partial charge is 0.270 e. The number of carbonyl (C=O) groups excluding carboxylic acids is 1. The average Bonchev–Trinajstić information content (AvgIpc) is 2.97. The Bertz CT molecular complexity index is 529. The first-order valence-electron chi connectivity index (χ1n) is 5.35. The van der Waals surface area contributed by atoms with E-state index >= 15 is 0 Å². The van der Waals surface area contributed by atoms with Gasteiger partial charge in [-0.05, 0) is 25.1 Å². The van der Waals surface area contributed by atoms with Gasteiger partial charge in [-0.25, -0.2) is 0 Å². The number of nitrogens with zero attached hydrogens (tertiary/aromatic N) is 1. The van der Waals surface area contributed by atoms with Gasteiger partial charge in [0.25, 0.3) is 5.91 Å². The van der Waals surface area contributed by atoms with Gasteiger partial charge in [-0.1, -0.05) is 23.2 Å². The zero-order valence-corrected chi connectivity index (χ0v) is 11.4. The Labute approximate surface area is 114 Å². The fourth-order valence-corrected chi connectivity index (χ4v) is 1.92. The van der Waals surface area contributed by atoms with Crippen LogP contribution in [0.3, 0.4) is 0 Å². The van der Waals surface area contributed by atoms with Crippen molar-refractivity contribution in [1.29, 1.82) is 0 Å². The molecule has 0 spiro atoms. The molecule has 0 aliphatic carbocycles. The number of hydrogen-bond donors (Lipinski definition) is 1. The Morgan fingerprint density at radius 2 is 2.22 bits per heavy atom. The van der Waals surface area contributed by atoms with Gasteiger partial charge in [0.05, 0.1) is 17.3 Å². The number of furan rings is 1. The summed E-state index contributed by atoms with van der Waals surface area (Å²) in [5, 5.41) is 0.595. The van der Waals surface area contributed by atoms with Gasteiger partial charge in [-0.2, -0.15) is 0 Å². The molecule has 0 radical (unpaired) electrons. The molecular weight excluding hydrogens is 275 g/mol. The van der Waals surface area contributed by atoms with Crippen molar-refractivity contribution in [3.8, 4) is 0 Å². The lowest BCUT2D eigenvalue weighted by Gasteiger charge is -2.22. The Hall–Kier alpha value is -1.39. The summed E-state index contributed by atoms with van der Waals surface area (Å²) in [4.78, 5) is 16.5. The SMILES string of the molecule is CC(c1ccco1)N(C)C(=O)c1cc(Cl)c(Cl)[nH]1. The van der Waals surface area contributed by atoms with E-state index in [1.165, 1.54) is 6.07 Å². The topological polar surface area (TPSA) is 49.2 Å². The molecule has 4 nitrogen and oxygen atoms in total. The predicted molar refractivity (Wildman–Crippen MR) is 70.0 cm³/mol. The van der Waals surface area contributed by atoms with Crippen LogP contribution >= 0.6 is 23.2 Å². The number of H-pyrrole nitrogens is 1. The number of halogens is 2. The van der Waals surface area contributed by atoms with Crippen LogP contribution in [0.4, 0.5) is 0 Å². The van der Waals surface area contributed by atoms with E-state index in [1.807, 2.05) is 13.0 Å². The Morgan fingerprint density at radius 3 is 2.72 bits per heavy atom. The van der Waals surface area contributed by atoms with Gasteiger partial charge in [-0.15, -0.1) is 0 Å². The van der Waals surface area contributed by atoms with Crippen LogP contribution in [0.25, 0.3) is 0 Å². The molecule has 0 fully saturated rings. The molecule has 0 saturated heterocycles. The maximum absolute atomic E-state index is 12.2. The molecule has 18 heavy (non-hydrogen) atoms. The zero-order chi connectivity index (χ0) is 13.3. The number of aromatic nitrogens is 1. The number of nitrogens with one attached hydrogen (secondary N) is 1. The molecule has 0 aliphatic heterocycles. The third kappa shape index (κ3) is 2.40. The normalized spacial score (nSPS) is 12.4. The molecule has 0 aliphatic rings. The summed E-state index contributed by atoms with van der Waals surface area (Å²) < 4.78 is 5.28. The highest BCUT2D eigenvalue weighted by molar-refractivity contribution is 6.41. The maximum Gasteiger partial charge on any atom is 0.270 e. The lowest BCUT2D eigenvalue weighted by atomic mass is 10.2. The summed E-state index contributed by atoms with van der Waals surface area (Å²) in [5.74, 6) is 0.516. The molecule has 0 saturated carbocycles. The molecule has 1 unspecified atom stereocenters. The minimum absolute atomic E-state index is 0.173. The first-order chi connectivity index (χ1) is 8.50. The van der Waals surface area contributed by atoms with Crippen molar-refractivity contribution in [2.45, 2.75) is 13.0 Å². The monoisotopic (exact) mass is 286 g/mol. The van der Waals surface area contributed by atoms with Gasteiger partial charge in [0.15, 0.2) is 0 Å². The average molecular weight is 287 g/mol. The van der Waals surface area contributed by atoms with Gasteiger partial charge in [0.2, 0.25) is 0 Å². The van der Waals surface area contributed by atoms with Gasteiger partial charge in [0.1, 0.15) is 16.6 Å². The van der Waals surface area contributed by atoms with E-state index in [1.54, 1.807) is 24.3 Å². The number of carbonyl (C=O) groups is 1. The number of rotatable bonds is 3. The molecule has 1 N–H and O–H groups in total. The maximum atomic E-state index is 12.2. The summed E-state index contributed by atoms with van der Waals surface area (Å²) >= 11 is 11.6. The summed E-state index contributed by atoms with van der Waals surface area (Å²) in [7, 11) is 1.69. The lowest BCUT2D eigenvalue weighted by Crippen LogP contribution is -2.29. The molecule has 2 rings (SSSR count). The molecule has 2 heterocycles. The molecule has 1 atom stereocenters. The molecule has 2 aromatic rings. The van der Waals surface area contributed by atoms with E-state index < -0.39 is 0 Å². The van der Waals surface area contributed by atoms with Crippen molar-refractivity contribution in [3.05, 3.63) is 46.1 Å². The molecule has 0 bridgehead atoms. The van der Waals surface area contributed by atoms with Crippen LogP contribution < -0.4 is 0 Å². The van der Waals surface area contributed by atoms with Gasteiger partial charge < -0.3 is 14.3 Å². The van der Waals surface area contributed by atoms with Crippen molar-refractivity contribution in [3.63, 3.8) is 0 Å². The lowest BCUT2D eigenvalue weighted by molar-refractivity contribution is 0.0721. The number of aromatic amines is 1. The van der Waals surface area contributed by atoms with Crippen LogP contribution in [-0.4, -0.2) is 22.8 Å². The fraction of sp³-hybridized carbons (Fsp3) is 0.250. The van der Waals surface area contributed by atoms with Crippen LogP contribution in [-0.2, 0) is 0 Å². The van der Waals surface area contributed by atoms with E-state index in [0.717, 1.165) is 5.76 Å². The van der Waals surface area contributed by atoms with Gasteiger partial charge in [0, 0.05) is 7.05 Å². The first-order valence-corrected chi connectivity index (χ1v) is 6.11. The van der Waals surface area contributed by atoms with Gasteiger partial charge >= 0.3 is 0 Å². The molecule has 1 amide bonds. The van der Waals surface area contributed by atoms with Crippen molar-refractivity contribution in [2.24, 2.45) is 0 Å². The summed E-state index contributed by atoms with van der Waals surface area (Å²) in [6.07, 6.45) is 1.58. The van der Waals surface area contributed by atoms with Crippen LogP contribution in [0.15, 0.2) is 28.9 Å². The second kappa shape index (κ2) is 5.08. The van der Waals surface area contributed by atoms with Crippen LogP contribution in [0.1, 0.15) is 29.2 Å². The van der Waals surface area contributed by atoms with Crippen molar-refractivity contribution < 1.29 is 9.21 Å². The Balaban J connectivity index is 2.18. The molecular formula is C12H12Cl2N2O2. The zero-order valence-electron chi connectivity index (χ0n) is 9.91. The standard InChI is InChI=1S/C12H12Cl2N2O2/c1-7(10-4-3-5-18-10)16(2)12(17)9-6-8(13)11(14)15-9/h3-7,15H,1-2H3. The minimum Gasteiger partial charge on any atom is -0.467 e. The van der Waals surface area contributed by atoms with E-state index in [0.29, 0.717) is 10.7 Å². The van der Waals surface area contributed by atoms with E-state index in [-0.39, 0.29) is 17.1 Å². The van der Waals surface area contributed by atoms with Crippen LogP contribution in [0.5, 0.6) is 0 Å². The quantitative estimate of drug-likeness (QED) is 0.934. The third-order valence-corrected chi connectivity index (χ3v) is 3.50. The highest BCUT2D eigenvalue weighted by Gasteiger charge is 2.22. The molecule has 6 heteroatoms. The Kier molecular flexibility index (Phi) is 3.68. The number of hydrogen-bond acceptors (Lipinski definition) is 2. The largest absolute Gasteiger partial charge is 0.467 e. The predicted octanol–water partition coefficient (Wildman–Crippen LogP) is 3.75. The second-order valence-corrected chi connectivity index (χ2v) is 4.74. The molecule has 0 aromatic carbocycles. The number of amides is 1. The third-order valence-electron chi connectivity index (χ3n) is 2.81. The van der Waals surface area contributed by atoms with Gasteiger partial charge in [-0.3, -0.25) is 4.79 Å². The Morgan fingerprint density at radius 1 is 1.50 bits per heavy atom. The van der Waals surface area contributed by atoms with Crippen LogP contribution in [0.2, 0.25) is 10.2 Å². The highest BCUT2D eigenvalue weighted by atomic mass is 35.5. The summed E-state index contributed by atoms with van der Waals surface area (Å²) in [6.45, 7) is 1.88. The van der Waals surface area contributed by atoms with Crippen molar-refractivity contribution in [2.75, 3.05) is 7.05 Å². The molecule has 2 aromatic heterocycles.